The van der Waals surface area contributed by atoms with Gasteiger partial charge in [0.05, 0.1) is 17.6 Å². The van der Waals surface area contributed by atoms with Crippen LogP contribution in [0.3, 0.4) is 0 Å². The summed E-state index contributed by atoms with van der Waals surface area (Å²) < 4.78 is 1.98. The van der Waals surface area contributed by atoms with Crippen molar-refractivity contribution in [2.45, 2.75) is 0 Å². The van der Waals surface area contributed by atoms with Crippen molar-refractivity contribution >= 4 is 0 Å². The average molecular weight is 296 g/mol. The SMILES string of the molecule is c1ccc(-c2cccc(-c3ccnn3-c3ccccc3)c2)cc1. The van der Waals surface area contributed by atoms with Crippen LogP contribution in [0.1, 0.15) is 0 Å². The van der Waals surface area contributed by atoms with Crippen LogP contribution in [0.5, 0.6) is 0 Å². The van der Waals surface area contributed by atoms with Crippen molar-refractivity contribution in [3.63, 3.8) is 0 Å². The molecule has 4 aromatic rings. The third kappa shape index (κ3) is 2.67. The van der Waals surface area contributed by atoms with Gasteiger partial charge in [-0.05, 0) is 35.4 Å². The predicted octanol–water partition coefficient (Wildman–Crippen LogP) is 5.21. The zero-order valence-electron chi connectivity index (χ0n) is 12.6. The summed E-state index contributed by atoms with van der Waals surface area (Å²) >= 11 is 0. The van der Waals surface area contributed by atoms with E-state index in [-0.39, 0.29) is 0 Å². The van der Waals surface area contributed by atoms with E-state index >= 15 is 0 Å². The molecule has 0 aliphatic carbocycles. The van der Waals surface area contributed by atoms with Gasteiger partial charge in [-0.25, -0.2) is 4.68 Å². The van der Waals surface area contributed by atoms with E-state index < -0.39 is 0 Å². The molecule has 1 heterocycles. The summed E-state index contributed by atoms with van der Waals surface area (Å²) in [5, 5.41) is 4.48. The lowest BCUT2D eigenvalue weighted by atomic mass is 10.0. The zero-order chi connectivity index (χ0) is 15.5. The Hall–Kier alpha value is -3.13. The number of aromatic nitrogens is 2. The molecule has 0 spiro atoms. The Bertz CT molecular complexity index is 909. The lowest BCUT2D eigenvalue weighted by Gasteiger charge is -2.09. The third-order valence-electron chi connectivity index (χ3n) is 3.91. The van der Waals surface area contributed by atoms with E-state index in [1.54, 1.807) is 0 Å². The van der Waals surface area contributed by atoms with Gasteiger partial charge in [-0.15, -0.1) is 0 Å². The topological polar surface area (TPSA) is 17.8 Å². The van der Waals surface area contributed by atoms with Gasteiger partial charge in [0.15, 0.2) is 0 Å². The first-order valence-corrected chi connectivity index (χ1v) is 7.67. The van der Waals surface area contributed by atoms with Gasteiger partial charge in [-0.3, -0.25) is 0 Å². The second-order valence-corrected chi connectivity index (χ2v) is 5.41. The van der Waals surface area contributed by atoms with E-state index in [4.69, 9.17) is 0 Å². The Balaban J connectivity index is 1.80. The van der Waals surface area contributed by atoms with Crippen LogP contribution < -0.4 is 0 Å². The lowest BCUT2D eigenvalue weighted by Crippen LogP contribution is -1.98. The minimum Gasteiger partial charge on any atom is -0.233 e. The van der Waals surface area contributed by atoms with E-state index in [0.717, 1.165) is 16.9 Å². The van der Waals surface area contributed by atoms with E-state index in [1.807, 2.05) is 35.1 Å². The Kier molecular flexibility index (Phi) is 3.49. The van der Waals surface area contributed by atoms with Gasteiger partial charge in [0, 0.05) is 5.56 Å². The lowest BCUT2D eigenvalue weighted by molar-refractivity contribution is 0.888. The molecular weight excluding hydrogens is 280 g/mol. The average Bonchev–Trinajstić information content (AvgIpc) is 3.13. The number of rotatable bonds is 3. The van der Waals surface area contributed by atoms with Crippen LogP contribution in [-0.2, 0) is 0 Å². The van der Waals surface area contributed by atoms with Crippen molar-refractivity contribution in [2.24, 2.45) is 0 Å². The Morgan fingerprint density at radius 3 is 2.00 bits per heavy atom. The molecule has 0 aliphatic rings. The summed E-state index contributed by atoms with van der Waals surface area (Å²) in [4.78, 5) is 0. The number of hydrogen-bond donors (Lipinski definition) is 0. The number of nitrogens with zero attached hydrogens (tertiary/aromatic N) is 2. The fourth-order valence-corrected chi connectivity index (χ4v) is 2.79. The second-order valence-electron chi connectivity index (χ2n) is 5.41. The van der Waals surface area contributed by atoms with Crippen molar-refractivity contribution < 1.29 is 0 Å². The largest absolute Gasteiger partial charge is 0.233 e. The Labute approximate surface area is 135 Å². The maximum Gasteiger partial charge on any atom is 0.0741 e. The third-order valence-corrected chi connectivity index (χ3v) is 3.91. The van der Waals surface area contributed by atoms with Crippen molar-refractivity contribution in [3.05, 3.63) is 97.2 Å². The van der Waals surface area contributed by atoms with Gasteiger partial charge in [0.2, 0.25) is 0 Å². The summed E-state index contributed by atoms with van der Waals surface area (Å²) in [5.41, 5.74) is 5.75. The molecule has 1 aromatic heterocycles. The standard InChI is InChI=1S/C21H16N2/c1-3-8-17(9-4-1)18-10-7-11-19(16-18)21-14-15-22-23(21)20-12-5-2-6-13-20/h1-16H. The highest BCUT2D eigenvalue weighted by atomic mass is 15.3. The van der Waals surface area contributed by atoms with Crippen LogP contribution in [-0.4, -0.2) is 9.78 Å². The molecule has 0 aliphatic heterocycles. The molecule has 0 N–H and O–H groups in total. The highest BCUT2D eigenvalue weighted by Gasteiger charge is 2.08. The van der Waals surface area contributed by atoms with Gasteiger partial charge < -0.3 is 0 Å². The number of hydrogen-bond acceptors (Lipinski definition) is 1. The number of para-hydroxylation sites is 1. The monoisotopic (exact) mass is 296 g/mol. The molecule has 3 aromatic carbocycles. The van der Waals surface area contributed by atoms with Crippen LogP contribution in [0.2, 0.25) is 0 Å². The minimum atomic E-state index is 1.07. The van der Waals surface area contributed by atoms with Crippen LogP contribution in [0.4, 0.5) is 0 Å². The van der Waals surface area contributed by atoms with Gasteiger partial charge in [0.1, 0.15) is 0 Å². The molecule has 0 unspecified atom stereocenters. The van der Waals surface area contributed by atoms with Gasteiger partial charge >= 0.3 is 0 Å². The highest BCUT2D eigenvalue weighted by molar-refractivity contribution is 5.72. The molecule has 0 amide bonds. The first-order valence-electron chi connectivity index (χ1n) is 7.67. The summed E-state index contributed by atoms with van der Waals surface area (Å²) in [7, 11) is 0. The van der Waals surface area contributed by atoms with E-state index in [1.165, 1.54) is 11.1 Å². The first-order chi connectivity index (χ1) is 11.4. The van der Waals surface area contributed by atoms with Crippen LogP contribution in [0, 0.1) is 0 Å². The molecule has 2 nitrogen and oxygen atoms in total. The Morgan fingerprint density at radius 2 is 1.22 bits per heavy atom. The molecule has 0 bridgehead atoms. The van der Waals surface area contributed by atoms with Crippen LogP contribution in [0.15, 0.2) is 97.2 Å². The quantitative estimate of drug-likeness (QED) is 0.507. The molecule has 2 heteroatoms. The predicted molar refractivity (Wildman–Crippen MR) is 94.4 cm³/mol. The van der Waals surface area contributed by atoms with Crippen molar-refractivity contribution in [2.75, 3.05) is 0 Å². The molecule has 4 rings (SSSR count). The zero-order valence-corrected chi connectivity index (χ0v) is 12.6. The van der Waals surface area contributed by atoms with Crippen molar-refractivity contribution in [1.82, 2.24) is 9.78 Å². The van der Waals surface area contributed by atoms with Crippen LogP contribution in [0.25, 0.3) is 28.1 Å². The van der Waals surface area contributed by atoms with E-state index in [2.05, 4.69) is 71.8 Å². The fourth-order valence-electron chi connectivity index (χ4n) is 2.79. The normalized spacial score (nSPS) is 10.6. The smallest absolute Gasteiger partial charge is 0.0741 e. The molecule has 0 saturated carbocycles. The summed E-state index contributed by atoms with van der Waals surface area (Å²) in [5.74, 6) is 0. The van der Waals surface area contributed by atoms with Crippen LogP contribution >= 0.6 is 0 Å². The fraction of sp³-hybridized carbons (Fsp3) is 0. The van der Waals surface area contributed by atoms with E-state index in [0.29, 0.717) is 0 Å². The molecule has 0 radical (unpaired) electrons. The molecule has 0 fully saturated rings. The van der Waals surface area contributed by atoms with E-state index in [9.17, 15) is 0 Å². The second kappa shape index (κ2) is 5.93. The molecule has 23 heavy (non-hydrogen) atoms. The van der Waals surface area contributed by atoms with Crippen molar-refractivity contribution in [1.29, 1.82) is 0 Å². The Morgan fingerprint density at radius 1 is 0.565 bits per heavy atom. The summed E-state index contributed by atoms with van der Waals surface area (Å²) in [6.07, 6.45) is 1.84. The maximum absolute atomic E-state index is 4.48. The van der Waals surface area contributed by atoms with Gasteiger partial charge in [-0.1, -0.05) is 66.7 Å². The summed E-state index contributed by atoms with van der Waals surface area (Å²) in [6.45, 7) is 0. The maximum atomic E-state index is 4.48. The summed E-state index contributed by atoms with van der Waals surface area (Å²) in [6, 6.07) is 31.3. The molecule has 0 saturated heterocycles. The minimum absolute atomic E-state index is 1.07. The first kappa shape index (κ1) is 13.5. The highest BCUT2D eigenvalue weighted by Crippen LogP contribution is 2.27. The van der Waals surface area contributed by atoms with Gasteiger partial charge in [0.25, 0.3) is 0 Å². The molecule has 0 atom stereocenters. The molecular formula is C21H16N2. The van der Waals surface area contributed by atoms with Gasteiger partial charge in [-0.2, -0.15) is 5.10 Å². The van der Waals surface area contributed by atoms with Crippen molar-refractivity contribution in [3.8, 4) is 28.1 Å². The molecule has 110 valence electrons. The number of benzene rings is 3.